The molecule has 0 heterocycles. The van der Waals surface area contributed by atoms with Crippen molar-refractivity contribution in [2.75, 3.05) is 31.2 Å². The van der Waals surface area contributed by atoms with Crippen LogP contribution in [0.3, 0.4) is 0 Å². The smallest absolute Gasteiger partial charge is 0.275 e. The average Bonchev–Trinajstić information content (AvgIpc) is 2.45. The Morgan fingerprint density at radius 1 is 1.35 bits per heavy atom. The van der Waals surface area contributed by atoms with Crippen molar-refractivity contribution in [3.05, 3.63) is 28.3 Å². The van der Waals surface area contributed by atoms with Crippen LogP contribution in [0.15, 0.2) is 18.2 Å². The zero-order valence-corrected chi connectivity index (χ0v) is 12.0. The lowest BCUT2D eigenvalue weighted by molar-refractivity contribution is -0.384. The Morgan fingerprint density at radius 2 is 2.10 bits per heavy atom. The summed E-state index contributed by atoms with van der Waals surface area (Å²) in [4.78, 5) is 12.6. The zero-order chi connectivity index (χ0) is 15.0. The lowest BCUT2D eigenvalue weighted by Gasteiger charge is -2.23. The summed E-state index contributed by atoms with van der Waals surface area (Å²) in [6, 6.07) is 4.79. The fraction of sp³-hybridized carbons (Fsp3) is 0.571. The van der Waals surface area contributed by atoms with Crippen LogP contribution >= 0.6 is 0 Å². The van der Waals surface area contributed by atoms with Crippen molar-refractivity contribution >= 4 is 11.4 Å². The molecule has 0 saturated heterocycles. The molecule has 0 spiro atoms. The third-order valence-corrected chi connectivity index (χ3v) is 2.89. The summed E-state index contributed by atoms with van der Waals surface area (Å²) in [5.74, 6) is 0.512. The molecule has 0 aromatic heterocycles. The minimum absolute atomic E-state index is 0.0241. The number of nitro groups is 1. The molecule has 1 N–H and O–H groups in total. The highest BCUT2D eigenvalue weighted by Gasteiger charge is 2.14. The Kier molecular flexibility index (Phi) is 6.79. The van der Waals surface area contributed by atoms with Gasteiger partial charge in [0.25, 0.3) is 5.69 Å². The van der Waals surface area contributed by atoms with Gasteiger partial charge in [0.15, 0.2) is 0 Å². The van der Waals surface area contributed by atoms with Gasteiger partial charge in [0.05, 0.1) is 17.6 Å². The van der Waals surface area contributed by atoms with E-state index < -0.39 is 4.92 Å². The van der Waals surface area contributed by atoms with Crippen LogP contribution in [0.25, 0.3) is 0 Å². The topological polar surface area (TPSA) is 75.8 Å². The summed E-state index contributed by atoms with van der Waals surface area (Å²) >= 11 is 0. The maximum atomic E-state index is 11.0. The van der Waals surface area contributed by atoms with Crippen molar-refractivity contribution in [1.82, 2.24) is 0 Å². The molecule has 6 nitrogen and oxygen atoms in total. The molecule has 20 heavy (non-hydrogen) atoms. The summed E-state index contributed by atoms with van der Waals surface area (Å²) in [6.45, 7) is 5.96. The van der Waals surface area contributed by atoms with Crippen LogP contribution in [0.2, 0.25) is 0 Å². The van der Waals surface area contributed by atoms with Gasteiger partial charge in [-0.05, 0) is 19.8 Å². The predicted octanol–water partition coefficient (Wildman–Crippen LogP) is 2.59. The van der Waals surface area contributed by atoms with Gasteiger partial charge >= 0.3 is 0 Å². The van der Waals surface area contributed by atoms with Gasteiger partial charge in [0, 0.05) is 37.5 Å². The number of nitro benzene ring substituents is 1. The monoisotopic (exact) mass is 282 g/mol. The van der Waals surface area contributed by atoms with E-state index in [0.29, 0.717) is 31.9 Å². The van der Waals surface area contributed by atoms with E-state index in [1.165, 1.54) is 6.07 Å². The van der Waals surface area contributed by atoms with E-state index in [9.17, 15) is 10.1 Å². The quantitative estimate of drug-likeness (QED) is 0.556. The van der Waals surface area contributed by atoms with Crippen LogP contribution in [-0.2, 0) is 0 Å². The standard InChI is InChI=1S/C14H22N2O4/c1-3-8-20-14-10-12(9-13(11-14)16(18)19)15(4-2)6-5-7-17/h9-11,17H,3-8H2,1-2H3. The SMILES string of the molecule is CCCOc1cc(N(CC)CCCO)cc([N+](=O)[O-])c1. The first-order valence-corrected chi connectivity index (χ1v) is 6.90. The fourth-order valence-electron chi connectivity index (χ4n) is 1.89. The minimum atomic E-state index is -0.414. The Bertz CT molecular complexity index is 437. The zero-order valence-electron chi connectivity index (χ0n) is 12.0. The van der Waals surface area contributed by atoms with Crippen molar-refractivity contribution < 1.29 is 14.8 Å². The molecule has 0 aliphatic heterocycles. The fourth-order valence-corrected chi connectivity index (χ4v) is 1.89. The van der Waals surface area contributed by atoms with Crippen LogP contribution in [0.5, 0.6) is 5.75 Å². The second kappa shape index (κ2) is 8.37. The third kappa shape index (κ3) is 4.70. The summed E-state index contributed by atoms with van der Waals surface area (Å²) in [6.07, 6.45) is 1.47. The molecule has 0 unspecified atom stereocenters. The second-order valence-corrected chi connectivity index (χ2v) is 4.45. The van der Waals surface area contributed by atoms with Gasteiger partial charge in [-0.15, -0.1) is 0 Å². The molecule has 0 bridgehead atoms. The largest absolute Gasteiger partial charge is 0.493 e. The van der Waals surface area contributed by atoms with Gasteiger partial charge in [-0.3, -0.25) is 10.1 Å². The van der Waals surface area contributed by atoms with Crippen molar-refractivity contribution in [3.63, 3.8) is 0 Å². The maximum Gasteiger partial charge on any atom is 0.275 e. The van der Waals surface area contributed by atoms with Gasteiger partial charge < -0.3 is 14.7 Å². The molecule has 0 atom stereocenters. The Morgan fingerprint density at radius 3 is 2.65 bits per heavy atom. The highest BCUT2D eigenvalue weighted by molar-refractivity contribution is 5.58. The number of rotatable bonds is 9. The van der Waals surface area contributed by atoms with Crippen LogP contribution in [-0.4, -0.2) is 36.3 Å². The lowest BCUT2D eigenvalue weighted by atomic mass is 10.2. The molecule has 0 amide bonds. The van der Waals surface area contributed by atoms with E-state index in [1.54, 1.807) is 6.07 Å². The van der Waals surface area contributed by atoms with Gasteiger partial charge in [-0.25, -0.2) is 0 Å². The third-order valence-electron chi connectivity index (χ3n) is 2.89. The molecule has 0 aliphatic carbocycles. The highest BCUT2D eigenvalue weighted by atomic mass is 16.6. The molecule has 0 radical (unpaired) electrons. The van der Waals surface area contributed by atoms with Crippen LogP contribution in [0.1, 0.15) is 26.7 Å². The van der Waals surface area contributed by atoms with E-state index in [-0.39, 0.29) is 12.3 Å². The average molecular weight is 282 g/mol. The number of benzene rings is 1. The van der Waals surface area contributed by atoms with Crippen molar-refractivity contribution in [1.29, 1.82) is 0 Å². The summed E-state index contributed by atoms with van der Waals surface area (Å²) < 4.78 is 5.51. The Labute approximate surface area is 119 Å². The van der Waals surface area contributed by atoms with E-state index in [0.717, 1.165) is 12.1 Å². The van der Waals surface area contributed by atoms with E-state index in [2.05, 4.69) is 0 Å². The molecular weight excluding hydrogens is 260 g/mol. The van der Waals surface area contributed by atoms with Crippen LogP contribution in [0.4, 0.5) is 11.4 Å². The van der Waals surface area contributed by atoms with Gasteiger partial charge in [-0.1, -0.05) is 6.92 Å². The number of non-ortho nitro benzene ring substituents is 1. The molecule has 1 rings (SSSR count). The summed E-state index contributed by atoms with van der Waals surface area (Å²) in [5.41, 5.74) is 0.775. The molecular formula is C14H22N2O4. The van der Waals surface area contributed by atoms with E-state index in [1.807, 2.05) is 24.8 Å². The first-order valence-electron chi connectivity index (χ1n) is 6.90. The van der Waals surface area contributed by atoms with Crippen molar-refractivity contribution in [3.8, 4) is 5.75 Å². The molecule has 0 fully saturated rings. The molecule has 6 heteroatoms. The van der Waals surface area contributed by atoms with Gasteiger partial charge in [0.1, 0.15) is 5.75 Å². The van der Waals surface area contributed by atoms with Crippen molar-refractivity contribution in [2.24, 2.45) is 0 Å². The second-order valence-electron chi connectivity index (χ2n) is 4.45. The normalized spacial score (nSPS) is 10.3. The molecule has 112 valence electrons. The summed E-state index contributed by atoms with van der Waals surface area (Å²) in [7, 11) is 0. The molecule has 1 aromatic rings. The van der Waals surface area contributed by atoms with Crippen molar-refractivity contribution in [2.45, 2.75) is 26.7 Å². The molecule has 1 aromatic carbocycles. The summed E-state index contributed by atoms with van der Waals surface area (Å²) in [5, 5.41) is 19.9. The number of aliphatic hydroxyl groups excluding tert-OH is 1. The first kappa shape index (κ1) is 16.2. The molecule has 0 aliphatic rings. The Balaban J connectivity index is 3.02. The van der Waals surface area contributed by atoms with Crippen LogP contribution in [0, 0.1) is 10.1 Å². The number of nitrogens with zero attached hydrogens (tertiary/aromatic N) is 2. The first-order chi connectivity index (χ1) is 9.62. The van der Waals surface area contributed by atoms with Gasteiger partial charge in [-0.2, -0.15) is 0 Å². The number of hydrogen-bond acceptors (Lipinski definition) is 5. The number of hydrogen-bond donors (Lipinski definition) is 1. The lowest BCUT2D eigenvalue weighted by Crippen LogP contribution is -2.24. The highest BCUT2D eigenvalue weighted by Crippen LogP contribution is 2.28. The minimum Gasteiger partial charge on any atom is -0.493 e. The van der Waals surface area contributed by atoms with E-state index >= 15 is 0 Å². The van der Waals surface area contributed by atoms with Crippen LogP contribution < -0.4 is 9.64 Å². The van der Waals surface area contributed by atoms with Gasteiger partial charge in [0.2, 0.25) is 0 Å². The Hall–Kier alpha value is -1.82. The number of aliphatic hydroxyl groups is 1. The number of ether oxygens (including phenoxy) is 1. The predicted molar refractivity (Wildman–Crippen MR) is 78.5 cm³/mol. The van der Waals surface area contributed by atoms with E-state index in [4.69, 9.17) is 9.84 Å². The number of anilines is 1. The maximum absolute atomic E-state index is 11.0. The molecule has 0 saturated carbocycles.